The molecule has 0 spiro atoms. The van der Waals surface area contributed by atoms with Crippen molar-refractivity contribution in [2.24, 2.45) is 0 Å². The van der Waals surface area contributed by atoms with E-state index in [2.05, 4.69) is 0 Å². The number of amides is 2. The van der Waals surface area contributed by atoms with Gasteiger partial charge >= 0.3 is 0 Å². The zero-order valence-corrected chi connectivity index (χ0v) is 14.1. The van der Waals surface area contributed by atoms with E-state index in [1.807, 2.05) is 4.90 Å². The van der Waals surface area contributed by atoms with Crippen molar-refractivity contribution < 1.29 is 19.1 Å². The maximum atomic E-state index is 12.6. The predicted molar refractivity (Wildman–Crippen MR) is 90.5 cm³/mol. The molecule has 0 unspecified atom stereocenters. The molecule has 0 saturated carbocycles. The molecular weight excluding hydrogens is 308 g/mol. The number of nitrogens with zero attached hydrogens (tertiary/aromatic N) is 2. The van der Waals surface area contributed by atoms with Crippen LogP contribution >= 0.6 is 0 Å². The van der Waals surface area contributed by atoms with Gasteiger partial charge in [-0.05, 0) is 25.0 Å². The maximum absolute atomic E-state index is 12.6. The second kappa shape index (κ2) is 7.55. The van der Waals surface area contributed by atoms with Crippen LogP contribution in [-0.4, -0.2) is 49.6 Å². The predicted octanol–water partition coefficient (Wildman–Crippen LogP) is 2.21. The zero-order chi connectivity index (χ0) is 16.9. The molecule has 1 fully saturated rings. The van der Waals surface area contributed by atoms with Crippen molar-refractivity contribution in [2.75, 3.05) is 37.7 Å². The second-order valence-corrected chi connectivity index (χ2v) is 6.23. The summed E-state index contributed by atoms with van der Waals surface area (Å²) in [5.41, 5.74) is 0.662. The van der Waals surface area contributed by atoms with Crippen molar-refractivity contribution in [3.05, 3.63) is 18.2 Å². The largest absolute Gasteiger partial charge is 0.486 e. The van der Waals surface area contributed by atoms with Crippen LogP contribution in [0, 0.1) is 0 Å². The van der Waals surface area contributed by atoms with E-state index in [9.17, 15) is 9.59 Å². The molecule has 2 aliphatic rings. The highest BCUT2D eigenvalue weighted by Crippen LogP contribution is 2.34. The number of ether oxygens (including phenoxy) is 2. The van der Waals surface area contributed by atoms with E-state index < -0.39 is 0 Å². The Morgan fingerprint density at radius 1 is 1.04 bits per heavy atom. The van der Waals surface area contributed by atoms with Crippen LogP contribution < -0.4 is 14.4 Å². The van der Waals surface area contributed by atoms with Crippen LogP contribution in [0.5, 0.6) is 11.5 Å². The lowest BCUT2D eigenvalue weighted by Crippen LogP contribution is -2.42. The summed E-state index contributed by atoms with van der Waals surface area (Å²) in [6, 6.07) is 5.35. The van der Waals surface area contributed by atoms with Gasteiger partial charge in [0.15, 0.2) is 11.5 Å². The number of benzene rings is 1. The first kappa shape index (κ1) is 16.6. The Kier molecular flexibility index (Phi) is 5.23. The van der Waals surface area contributed by atoms with Crippen LogP contribution in [0.2, 0.25) is 0 Å². The van der Waals surface area contributed by atoms with Crippen LogP contribution in [0.1, 0.15) is 32.6 Å². The summed E-state index contributed by atoms with van der Waals surface area (Å²) in [5, 5.41) is 0. The van der Waals surface area contributed by atoms with Crippen LogP contribution in [0.15, 0.2) is 18.2 Å². The molecule has 0 bridgehead atoms. The minimum absolute atomic E-state index is 0.00184. The Balaban J connectivity index is 1.74. The average molecular weight is 332 g/mol. The van der Waals surface area contributed by atoms with E-state index in [4.69, 9.17) is 9.47 Å². The number of carbonyl (C=O) groups is 2. The van der Waals surface area contributed by atoms with E-state index in [0.717, 1.165) is 25.9 Å². The topological polar surface area (TPSA) is 59.1 Å². The first-order chi connectivity index (χ1) is 11.6. The van der Waals surface area contributed by atoms with Gasteiger partial charge in [0.1, 0.15) is 19.8 Å². The van der Waals surface area contributed by atoms with Gasteiger partial charge in [0.25, 0.3) is 0 Å². The molecule has 1 saturated heterocycles. The fourth-order valence-corrected chi connectivity index (χ4v) is 3.14. The third-order valence-electron chi connectivity index (χ3n) is 4.47. The molecule has 2 aliphatic heterocycles. The van der Waals surface area contributed by atoms with Gasteiger partial charge in [-0.1, -0.05) is 12.8 Å². The molecule has 3 rings (SSSR count). The molecule has 130 valence electrons. The van der Waals surface area contributed by atoms with Gasteiger partial charge in [0.2, 0.25) is 11.8 Å². The molecule has 24 heavy (non-hydrogen) atoms. The molecule has 0 atom stereocenters. The maximum Gasteiger partial charge on any atom is 0.242 e. The number of hydrogen-bond donors (Lipinski definition) is 0. The molecule has 1 aromatic carbocycles. The second-order valence-electron chi connectivity index (χ2n) is 6.23. The van der Waals surface area contributed by atoms with Crippen molar-refractivity contribution in [1.82, 2.24) is 4.90 Å². The Bertz CT molecular complexity index is 609. The average Bonchev–Trinajstić information content (AvgIpc) is 2.88. The van der Waals surface area contributed by atoms with Crippen LogP contribution in [0.3, 0.4) is 0 Å². The smallest absolute Gasteiger partial charge is 0.242 e. The summed E-state index contributed by atoms with van der Waals surface area (Å²) in [6.07, 6.45) is 4.41. The van der Waals surface area contributed by atoms with Gasteiger partial charge in [0.05, 0.1) is 0 Å². The minimum Gasteiger partial charge on any atom is -0.486 e. The Hall–Kier alpha value is -2.24. The number of anilines is 1. The van der Waals surface area contributed by atoms with E-state index in [0.29, 0.717) is 30.4 Å². The third kappa shape index (κ3) is 3.80. The first-order valence-corrected chi connectivity index (χ1v) is 8.60. The molecule has 2 amide bonds. The van der Waals surface area contributed by atoms with Gasteiger partial charge < -0.3 is 19.3 Å². The summed E-state index contributed by atoms with van der Waals surface area (Å²) in [7, 11) is 0. The van der Waals surface area contributed by atoms with Crippen LogP contribution in [-0.2, 0) is 9.59 Å². The summed E-state index contributed by atoms with van der Waals surface area (Å²) in [6.45, 7) is 4.12. The van der Waals surface area contributed by atoms with E-state index in [-0.39, 0.29) is 18.4 Å². The summed E-state index contributed by atoms with van der Waals surface area (Å²) >= 11 is 0. The number of rotatable bonds is 3. The highest BCUT2D eigenvalue weighted by atomic mass is 16.6. The molecule has 0 aliphatic carbocycles. The molecule has 6 nitrogen and oxygen atoms in total. The van der Waals surface area contributed by atoms with E-state index >= 15 is 0 Å². The van der Waals surface area contributed by atoms with Crippen molar-refractivity contribution in [1.29, 1.82) is 0 Å². The molecule has 6 heteroatoms. The number of likely N-dealkylation sites (tertiary alicyclic amines) is 1. The fraction of sp³-hybridized carbons (Fsp3) is 0.556. The van der Waals surface area contributed by atoms with Crippen molar-refractivity contribution in [3.8, 4) is 11.5 Å². The lowest BCUT2D eigenvalue weighted by Gasteiger charge is -2.27. The molecular formula is C18H24N2O4. The fourth-order valence-electron chi connectivity index (χ4n) is 3.14. The van der Waals surface area contributed by atoms with Gasteiger partial charge in [-0.2, -0.15) is 0 Å². The Morgan fingerprint density at radius 3 is 2.38 bits per heavy atom. The molecule has 0 N–H and O–H groups in total. The van der Waals surface area contributed by atoms with Crippen LogP contribution in [0.4, 0.5) is 5.69 Å². The lowest BCUT2D eigenvalue weighted by atomic mass is 10.2. The standard InChI is InChI=1S/C18H24N2O4/c1-14(21)20(13-18(22)19-8-4-2-3-5-9-19)15-6-7-16-17(12-15)24-11-10-23-16/h6-7,12H,2-5,8-11,13H2,1H3. The monoisotopic (exact) mass is 332 g/mol. The summed E-state index contributed by atoms with van der Waals surface area (Å²) in [4.78, 5) is 28.1. The SMILES string of the molecule is CC(=O)N(CC(=O)N1CCCCCC1)c1ccc2c(c1)OCCO2. The van der Waals surface area contributed by atoms with Gasteiger partial charge in [0, 0.05) is 31.8 Å². The van der Waals surface area contributed by atoms with E-state index in [1.54, 1.807) is 18.2 Å². The summed E-state index contributed by atoms with van der Waals surface area (Å²) < 4.78 is 11.1. The third-order valence-corrected chi connectivity index (χ3v) is 4.47. The molecule has 0 radical (unpaired) electrons. The molecule has 0 aromatic heterocycles. The lowest BCUT2D eigenvalue weighted by molar-refractivity contribution is -0.131. The quantitative estimate of drug-likeness (QED) is 0.851. The van der Waals surface area contributed by atoms with Crippen molar-refractivity contribution in [2.45, 2.75) is 32.6 Å². The Labute approximate surface area is 142 Å². The highest BCUT2D eigenvalue weighted by molar-refractivity contribution is 5.97. The van der Waals surface area contributed by atoms with Gasteiger partial charge in [-0.25, -0.2) is 0 Å². The van der Waals surface area contributed by atoms with Crippen molar-refractivity contribution >= 4 is 17.5 Å². The molecule has 1 aromatic rings. The van der Waals surface area contributed by atoms with Crippen LogP contribution in [0.25, 0.3) is 0 Å². The number of hydrogen-bond acceptors (Lipinski definition) is 4. The minimum atomic E-state index is -0.158. The number of fused-ring (bicyclic) bond motifs is 1. The first-order valence-electron chi connectivity index (χ1n) is 8.60. The van der Waals surface area contributed by atoms with E-state index in [1.165, 1.54) is 24.7 Å². The summed E-state index contributed by atoms with van der Waals surface area (Å²) in [5.74, 6) is 1.14. The van der Waals surface area contributed by atoms with Gasteiger partial charge in [-0.3, -0.25) is 9.59 Å². The molecule has 2 heterocycles. The zero-order valence-electron chi connectivity index (χ0n) is 14.1. The number of carbonyl (C=O) groups excluding carboxylic acids is 2. The van der Waals surface area contributed by atoms with Crippen molar-refractivity contribution in [3.63, 3.8) is 0 Å². The normalized spacial score (nSPS) is 17.1. The van der Waals surface area contributed by atoms with Gasteiger partial charge in [-0.15, -0.1) is 0 Å². The highest BCUT2D eigenvalue weighted by Gasteiger charge is 2.23. The Morgan fingerprint density at radius 2 is 1.71 bits per heavy atom.